The quantitative estimate of drug-likeness (QED) is 0.647. The van der Waals surface area contributed by atoms with Gasteiger partial charge < -0.3 is 14.8 Å². The molecule has 0 radical (unpaired) electrons. The molecular formula is C19H14ClNO5S. The average Bonchev–Trinajstić information content (AvgIpc) is 3.03. The van der Waals surface area contributed by atoms with Crippen LogP contribution in [-0.4, -0.2) is 31.6 Å². The van der Waals surface area contributed by atoms with Crippen molar-refractivity contribution in [2.75, 3.05) is 19.0 Å². The Kier molecular flexibility index (Phi) is 5.73. The molecule has 0 aliphatic carbocycles. The van der Waals surface area contributed by atoms with Crippen LogP contribution >= 0.6 is 22.9 Å². The van der Waals surface area contributed by atoms with Crippen molar-refractivity contribution in [3.05, 3.63) is 64.0 Å². The molecular weight excluding hydrogens is 390 g/mol. The molecule has 3 rings (SSSR count). The topological polar surface area (TPSA) is 81.7 Å². The molecule has 0 unspecified atom stereocenters. The van der Waals surface area contributed by atoms with Gasteiger partial charge in [0.25, 0.3) is 5.91 Å². The van der Waals surface area contributed by atoms with E-state index in [9.17, 15) is 14.4 Å². The minimum atomic E-state index is -0.683. The lowest BCUT2D eigenvalue weighted by molar-refractivity contribution is -0.119. The van der Waals surface area contributed by atoms with E-state index in [0.717, 1.165) is 10.1 Å². The second kappa shape index (κ2) is 8.20. The summed E-state index contributed by atoms with van der Waals surface area (Å²) in [6.07, 6.45) is 0. The molecule has 2 aromatic carbocycles. The van der Waals surface area contributed by atoms with Crippen molar-refractivity contribution in [1.29, 1.82) is 0 Å². The molecule has 0 aliphatic heterocycles. The van der Waals surface area contributed by atoms with E-state index in [-0.39, 0.29) is 16.1 Å². The summed E-state index contributed by atoms with van der Waals surface area (Å²) in [5.41, 5.74) is 0.470. The fourth-order valence-electron chi connectivity index (χ4n) is 2.41. The third kappa shape index (κ3) is 4.10. The van der Waals surface area contributed by atoms with Crippen LogP contribution in [0.15, 0.2) is 48.5 Å². The number of carbonyl (C=O) groups excluding carboxylic acids is 3. The van der Waals surface area contributed by atoms with Crippen molar-refractivity contribution in [1.82, 2.24) is 0 Å². The van der Waals surface area contributed by atoms with Crippen molar-refractivity contribution < 1.29 is 23.9 Å². The highest BCUT2D eigenvalue weighted by Crippen LogP contribution is 2.35. The molecule has 1 aromatic heterocycles. The van der Waals surface area contributed by atoms with Gasteiger partial charge in [-0.15, -0.1) is 11.3 Å². The van der Waals surface area contributed by atoms with Crippen LogP contribution in [0.5, 0.6) is 0 Å². The summed E-state index contributed by atoms with van der Waals surface area (Å²) in [5, 5.41) is 3.59. The Morgan fingerprint density at radius 3 is 2.48 bits per heavy atom. The summed E-state index contributed by atoms with van der Waals surface area (Å²) < 4.78 is 10.6. The largest absolute Gasteiger partial charge is 0.465 e. The SMILES string of the molecule is COC(=O)c1ccccc1NC(=O)COC(=O)c1sc2ccccc2c1Cl. The third-order valence-corrected chi connectivity index (χ3v) is 5.32. The number of carbonyl (C=O) groups is 3. The van der Waals surface area contributed by atoms with Crippen molar-refractivity contribution in [2.45, 2.75) is 0 Å². The molecule has 0 aliphatic rings. The summed E-state index contributed by atoms with van der Waals surface area (Å²) in [4.78, 5) is 36.3. The number of methoxy groups -OCH3 is 1. The van der Waals surface area contributed by atoms with Crippen LogP contribution in [0.3, 0.4) is 0 Å². The number of nitrogens with one attached hydrogen (secondary N) is 1. The molecule has 27 heavy (non-hydrogen) atoms. The number of hydrogen-bond acceptors (Lipinski definition) is 6. The Morgan fingerprint density at radius 2 is 1.74 bits per heavy atom. The first-order chi connectivity index (χ1) is 13.0. The molecule has 3 aromatic rings. The van der Waals surface area contributed by atoms with Crippen molar-refractivity contribution in [2.24, 2.45) is 0 Å². The molecule has 138 valence electrons. The molecule has 8 heteroatoms. The predicted molar refractivity (Wildman–Crippen MR) is 104 cm³/mol. The highest BCUT2D eigenvalue weighted by molar-refractivity contribution is 7.21. The van der Waals surface area contributed by atoms with Gasteiger partial charge in [0, 0.05) is 10.1 Å². The number of para-hydroxylation sites is 1. The van der Waals surface area contributed by atoms with Crippen LogP contribution < -0.4 is 5.32 Å². The maximum Gasteiger partial charge on any atom is 0.350 e. The van der Waals surface area contributed by atoms with Crippen molar-refractivity contribution in [3.63, 3.8) is 0 Å². The van der Waals surface area contributed by atoms with Gasteiger partial charge in [-0.05, 0) is 18.2 Å². The summed E-state index contributed by atoms with van der Waals surface area (Å²) in [5.74, 6) is -1.85. The smallest absolute Gasteiger partial charge is 0.350 e. The van der Waals surface area contributed by atoms with Gasteiger partial charge >= 0.3 is 11.9 Å². The second-order valence-electron chi connectivity index (χ2n) is 5.40. The zero-order chi connectivity index (χ0) is 19.4. The van der Waals surface area contributed by atoms with E-state index in [4.69, 9.17) is 16.3 Å². The van der Waals surface area contributed by atoms with Gasteiger partial charge in [0.1, 0.15) is 4.88 Å². The standard InChI is InChI=1S/C19H14ClNO5S/c1-25-18(23)11-6-2-4-8-13(11)21-15(22)10-26-19(24)17-16(20)12-7-3-5-9-14(12)27-17/h2-9H,10H2,1H3,(H,21,22). The minimum absolute atomic E-state index is 0.201. The Bertz CT molecular complexity index is 1030. The average molecular weight is 404 g/mol. The number of ether oxygens (including phenoxy) is 2. The number of fused-ring (bicyclic) bond motifs is 1. The van der Waals surface area contributed by atoms with E-state index < -0.39 is 24.5 Å². The number of esters is 2. The molecule has 0 bridgehead atoms. The van der Waals surface area contributed by atoms with E-state index in [2.05, 4.69) is 10.1 Å². The monoisotopic (exact) mass is 403 g/mol. The van der Waals surface area contributed by atoms with Gasteiger partial charge in [-0.2, -0.15) is 0 Å². The normalized spacial score (nSPS) is 10.4. The Hall–Kier alpha value is -2.90. The highest BCUT2D eigenvalue weighted by Gasteiger charge is 2.20. The maximum absolute atomic E-state index is 12.3. The van der Waals surface area contributed by atoms with E-state index >= 15 is 0 Å². The van der Waals surface area contributed by atoms with E-state index in [1.165, 1.54) is 24.5 Å². The molecule has 0 spiro atoms. The lowest BCUT2D eigenvalue weighted by Crippen LogP contribution is -2.22. The zero-order valence-corrected chi connectivity index (χ0v) is 15.7. The molecule has 1 amide bonds. The molecule has 1 heterocycles. The zero-order valence-electron chi connectivity index (χ0n) is 14.2. The number of thiophene rings is 1. The van der Waals surface area contributed by atoms with Crippen LogP contribution in [0.1, 0.15) is 20.0 Å². The highest BCUT2D eigenvalue weighted by atomic mass is 35.5. The number of halogens is 1. The molecule has 0 saturated carbocycles. The first-order valence-corrected chi connectivity index (χ1v) is 9.02. The summed E-state index contributed by atoms with van der Waals surface area (Å²) in [6, 6.07) is 13.7. The number of amides is 1. The van der Waals surface area contributed by atoms with Crippen LogP contribution in [0.25, 0.3) is 10.1 Å². The number of hydrogen-bond donors (Lipinski definition) is 1. The molecule has 6 nitrogen and oxygen atoms in total. The fourth-order valence-corrected chi connectivity index (χ4v) is 3.81. The summed E-state index contributed by atoms with van der Waals surface area (Å²) in [7, 11) is 1.25. The fraction of sp³-hybridized carbons (Fsp3) is 0.105. The first-order valence-electron chi connectivity index (χ1n) is 7.82. The van der Waals surface area contributed by atoms with Gasteiger partial charge in [0.15, 0.2) is 6.61 Å². The van der Waals surface area contributed by atoms with Gasteiger partial charge in [-0.25, -0.2) is 9.59 Å². The second-order valence-corrected chi connectivity index (χ2v) is 6.83. The van der Waals surface area contributed by atoms with E-state index in [1.807, 2.05) is 18.2 Å². The van der Waals surface area contributed by atoms with Crippen LogP contribution in [0, 0.1) is 0 Å². The van der Waals surface area contributed by atoms with Gasteiger partial charge in [-0.1, -0.05) is 41.9 Å². The van der Waals surface area contributed by atoms with Crippen LogP contribution in [0.4, 0.5) is 5.69 Å². The van der Waals surface area contributed by atoms with Crippen LogP contribution in [0.2, 0.25) is 5.02 Å². The number of rotatable bonds is 5. The summed E-state index contributed by atoms with van der Waals surface area (Å²) in [6.45, 7) is -0.515. The van der Waals surface area contributed by atoms with Gasteiger partial charge in [0.05, 0.1) is 23.4 Å². The van der Waals surface area contributed by atoms with Gasteiger partial charge in [-0.3, -0.25) is 4.79 Å². The number of anilines is 1. The van der Waals surface area contributed by atoms with Crippen molar-refractivity contribution >= 4 is 56.6 Å². The Labute approximate surface area is 163 Å². The molecule has 0 fully saturated rings. The maximum atomic E-state index is 12.3. The van der Waals surface area contributed by atoms with E-state index in [0.29, 0.717) is 5.02 Å². The summed E-state index contributed by atoms with van der Waals surface area (Å²) >= 11 is 7.42. The first kappa shape index (κ1) is 18.9. The minimum Gasteiger partial charge on any atom is -0.465 e. The lowest BCUT2D eigenvalue weighted by atomic mass is 10.2. The third-order valence-electron chi connectivity index (χ3n) is 3.66. The van der Waals surface area contributed by atoms with Gasteiger partial charge in [0.2, 0.25) is 0 Å². The van der Waals surface area contributed by atoms with Crippen molar-refractivity contribution in [3.8, 4) is 0 Å². The van der Waals surface area contributed by atoms with Crippen LogP contribution in [-0.2, 0) is 14.3 Å². The number of benzene rings is 2. The Balaban J connectivity index is 1.66. The lowest BCUT2D eigenvalue weighted by Gasteiger charge is -2.09. The Morgan fingerprint density at radius 1 is 1.04 bits per heavy atom. The molecule has 1 N–H and O–H groups in total. The predicted octanol–water partition coefficient (Wildman–Crippen LogP) is 4.14. The molecule has 0 saturated heterocycles. The van der Waals surface area contributed by atoms with E-state index in [1.54, 1.807) is 24.3 Å². The molecule has 0 atom stereocenters.